The van der Waals surface area contributed by atoms with Crippen molar-refractivity contribution in [2.24, 2.45) is 10.2 Å². The van der Waals surface area contributed by atoms with Gasteiger partial charge in [0, 0.05) is 51.5 Å². The fourth-order valence-corrected chi connectivity index (χ4v) is 3.19. The van der Waals surface area contributed by atoms with Crippen molar-refractivity contribution in [3.05, 3.63) is 17.3 Å². The Bertz CT molecular complexity index is 650. The number of nitrogens with zero attached hydrogens (tertiary/aromatic N) is 3. The van der Waals surface area contributed by atoms with Crippen LogP contribution in [0.1, 0.15) is 61.8 Å². The molecule has 1 unspecified atom stereocenters. The minimum absolute atomic E-state index is 0.0521. The number of hydrogen-bond donors (Lipinski definition) is 1. The minimum Gasteiger partial charge on any atom is -0.446 e. The molecule has 1 atom stereocenters. The van der Waals surface area contributed by atoms with E-state index >= 15 is 0 Å². The van der Waals surface area contributed by atoms with E-state index in [9.17, 15) is 4.79 Å². The number of hydrogen-bond acceptors (Lipinski definition) is 5. The van der Waals surface area contributed by atoms with Crippen LogP contribution in [0.2, 0.25) is 0 Å². The molecule has 1 aliphatic heterocycles. The predicted octanol–water partition coefficient (Wildman–Crippen LogP) is 2.87. The molecule has 2 aliphatic rings. The third-order valence-corrected chi connectivity index (χ3v) is 4.51. The Labute approximate surface area is 136 Å². The number of carbonyl (C=O) groups is 1. The molecule has 122 valence electrons. The van der Waals surface area contributed by atoms with Crippen LogP contribution >= 0.6 is 0 Å². The molecule has 0 fully saturated rings. The SMILES string of the molecule is C#CCCC1(CCNC(=O)CC2CCCc3oc(C)nc32)N=N1. The van der Waals surface area contributed by atoms with Gasteiger partial charge in [0.05, 0.1) is 5.69 Å². The zero-order valence-electron chi connectivity index (χ0n) is 13.5. The van der Waals surface area contributed by atoms with Gasteiger partial charge in [0.15, 0.2) is 11.6 Å². The van der Waals surface area contributed by atoms with Crippen molar-refractivity contribution in [3.63, 3.8) is 0 Å². The third kappa shape index (κ3) is 3.79. The molecule has 23 heavy (non-hydrogen) atoms. The Kier molecular flexibility index (Phi) is 4.46. The Morgan fingerprint density at radius 1 is 1.48 bits per heavy atom. The zero-order valence-corrected chi connectivity index (χ0v) is 13.5. The molecule has 0 bridgehead atoms. The fourth-order valence-electron chi connectivity index (χ4n) is 3.19. The minimum atomic E-state index is -0.332. The van der Waals surface area contributed by atoms with Gasteiger partial charge >= 0.3 is 0 Å². The van der Waals surface area contributed by atoms with Crippen LogP contribution < -0.4 is 5.32 Å². The van der Waals surface area contributed by atoms with Crippen LogP contribution in [0.25, 0.3) is 0 Å². The summed E-state index contributed by atoms with van der Waals surface area (Å²) in [6.07, 6.45) is 10.8. The zero-order chi connectivity index (χ0) is 16.3. The normalized spacial score (nSPS) is 20.6. The van der Waals surface area contributed by atoms with Crippen molar-refractivity contribution in [1.29, 1.82) is 0 Å². The molecule has 0 aromatic carbocycles. The molecular formula is C17H22N4O2. The lowest BCUT2D eigenvalue weighted by atomic mass is 9.88. The Morgan fingerprint density at radius 2 is 2.30 bits per heavy atom. The lowest BCUT2D eigenvalue weighted by molar-refractivity contribution is -0.121. The van der Waals surface area contributed by atoms with Crippen LogP contribution in [-0.2, 0) is 11.2 Å². The molecule has 6 heteroatoms. The third-order valence-electron chi connectivity index (χ3n) is 4.51. The molecule has 2 heterocycles. The summed E-state index contributed by atoms with van der Waals surface area (Å²) in [5.74, 6) is 4.47. The van der Waals surface area contributed by atoms with Crippen molar-refractivity contribution in [2.75, 3.05) is 6.54 Å². The lowest BCUT2D eigenvalue weighted by Crippen LogP contribution is -2.30. The molecule has 1 aromatic rings. The van der Waals surface area contributed by atoms with E-state index in [1.54, 1.807) is 0 Å². The molecule has 0 spiro atoms. The first-order valence-corrected chi connectivity index (χ1v) is 8.22. The van der Waals surface area contributed by atoms with E-state index in [2.05, 4.69) is 26.4 Å². The summed E-state index contributed by atoms with van der Waals surface area (Å²) in [4.78, 5) is 16.6. The molecule has 1 N–H and O–H groups in total. The van der Waals surface area contributed by atoms with Crippen molar-refractivity contribution in [3.8, 4) is 12.3 Å². The van der Waals surface area contributed by atoms with Gasteiger partial charge in [0.1, 0.15) is 5.76 Å². The molecule has 0 saturated heterocycles. The first-order chi connectivity index (χ1) is 11.1. The number of oxazole rings is 1. The summed E-state index contributed by atoms with van der Waals surface area (Å²) in [7, 11) is 0. The predicted molar refractivity (Wildman–Crippen MR) is 84.8 cm³/mol. The van der Waals surface area contributed by atoms with Crippen LogP contribution in [0.4, 0.5) is 0 Å². The second kappa shape index (κ2) is 6.53. The van der Waals surface area contributed by atoms with Gasteiger partial charge in [-0.2, -0.15) is 10.2 Å². The van der Waals surface area contributed by atoms with Gasteiger partial charge < -0.3 is 9.73 Å². The average Bonchev–Trinajstić information content (AvgIpc) is 3.18. The number of nitrogens with one attached hydrogen (secondary N) is 1. The maximum Gasteiger partial charge on any atom is 0.220 e. The number of aryl methyl sites for hydroxylation is 2. The molecule has 1 amide bonds. The highest BCUT2D eigenvalue weighted by atomic mass is 16.4. The van der Waals surface area contributed by atoms with E-state index in [-0.39, 0.29) is 17.5 Å². The number of amides is 1. The van der Waals surface area contributed by atoms with Gasteiger partial charge in [-0.25, -0.2) is 4.98 Å². The highest BCUT2D eigenvalue weighted by Crippen LogP contribution is 2.36. The summed E-state index contributed by atoms with van der Waals surface area (Å²) in [6, 6.07) is 0. The van der Waals surface area contributed by atoms with Gasteiger partial charge in [-0.05, 0) is 12.8 Å². The first-order valence-electron chi connectivity index (χ1n) is 8.22. The second-order valence-corrected chi connectivity index (χ2v) is 6.32. The maximum absolute atomic E-state index is 12.2. The van der Waals surface area contributed by atoms with Gasteiger partial charge in [-0.3, -0.25) is 4.79 Å². The molecule has 0 radical (unpaired) electrons. The van der Waals surface area contributed by atoms with Crippen LogP contribution in [-0.4, -0.2) is 23.1 Å². The van der Waals surface area contributed by atoms with Crippen molar-refractivity contribution < 1.29 is 9.21 Å². The van der Waals surface area contributed by atoms with Gasteiger partial charge in [-0.1, -0.05) is 0 Å². The Balaban J connectivity index is 1.45. The maximum atomic E-state index is 12.2. The molecular weight excluding hydrogens is 292 g/mol. The highest BCUT2D eigenvalue weighted by molar-refractivity contribution is 5.76. The molecule has 3 rings (SSSR count). The largest absolute Gasteiger partial charge is 0.446 e. The average molecular weight is 314 g/mol. The van der Waals surface area contributed by atoms with Crippen LogP contribution in [0.3, 0.4) is 0 Å². The van der Waals surface area contributed by atoms with Crippen LogP contribution in [0.15, 0.2) is 14.6 Å². The number of carbonyl (C=O) groups excluding carboxylic acids is 1. The summed E-state index contributed by atoms with van der Waals surface area (Å²) < 4.78 is 5.61. The Morgan fingerprint density at radius 3 is 3.04 bits per heavy atom. The number of aromatic nitrogens is 1. The molecule has 6 nitrogen and oxygen atoms in total. The molecule has 0 saturated carbocycles. The molecule has 1 aliphatic carbocycles. The topological polar surface area (TPSA) is 79.9 Å². The smallest absolute Gasteiger partial charge is 0.220 e. The van der Waals surface area contributed by atoms with E-state index in [1.165, 1.54) is 0 Å². The number of terminal acetylenes is 1. The number of fused-ring (bicyclic) bond motifs is 1. The van der Waals surface area contributed by atoms with E-state index in [1.807, 2.05) is 6.92 Å². The summed E-state index contributed by atoms with van der Waals surface area (Å²) >= 11 is 0. The van der Waals surface area contributed by atoms with Crippen molar-refractivity contribution >= 4 is 5.91 Å². The van der Waals surface area contributed by atoms with Gasteiger partial charge in [0.2, 0.25) is 5.91 Å². The highest BCUT2D eigenvalue weighted by Gasteiger charge is 2.38. The summed E-state index contributed by atoms with van der Waals surface area (Å²) in [5, 5.41) is 11.1. The van der Waals surface area contributed by atoms with Crippen LogP contribution in [0.5, 0.6) is 0 Å². The number of rotatable bonds is 7. The monoisotopic (exact) mass is 314 g/mol. The van der Waals surface area contributed by atoms with Gasteiger partial charge in [0.25, 0.3) is 0 Å². The quantitative estimate of drug-likeness (QED) is 0.786. The van der Waals surface area contributed by atoms with E-state index in [0.717, 1.165) is 43.6 Å². The van der Waals surface area contributed by atoms with Gasteiger partial charge in [-0.15, -0.1) is 12.3 Å². The van der Waals surface area contributed by atoms with E-state index in [0.29, 0.717) is 25.3 Å². The van der Waals surface area contributed by atoms with Crippen LogP contribution in [0, 0.1) is 19.3 Å². The first kappa shape index (κ1) is 15.7. The lowest BCUT2D eigenvalue weighted by Gasteiger charge is -2.19. The molecule has 1 aromatic heterocycles. The fraction of sp³-hybridized carbons (Fsp3) is 0.647. The standard InChI is InChI=1S/C17H22N4O2/c1-3-4-8-17(20-21-17)9-10-18-15(22)11-13-6-5-7-14-16(13)19-12(2)23-14/h1,13H,4-11H2,2H3,(H,18,22). The Hall–Kier alpha value is -2.16. The van der Waals surface area contributed by atoms with Crippen molar-refractivity contribution in [2.45, 2.75) is 63.5 Å². The van der Waals surface area contributed by atoms with E-state index < -0.39 is 0 Å². The summed E-state index contributed by atoms with van der Waals surface area (Å²) in [5.41, 5.74) is 0.641. The second-order valence-electron chi connectivity index (χ2n) is 6.32. The van der Waals surface area contributed by atoms with E-state index in [4.69, 9.17) is 10.8 Å². The summed E-state index contributed by atoms with van der Waals surface area (Å²) in [6.45, 7) is 2.43. The van der Waals surface area contributed by atoms with Crippen molar-refractivity contribution in [1.82, 2.24) is 10.3 Å².